The Morgan fingerprint density at radius 1 is 0.683 bits per heavy atom. The van der Waals surface area contributed by atoms with Gasteiger partial charge in [0.2, 0.25) is 0 Å². The summed E-state index contributed by atoms with van der Waals surface area (Å²) in [6.45, 7) is 7.60. The molecule has 5 aromatic rings. The number of esters is 1. The normalized spacial score (nSPS) is 10.5. The minimum absolute atomic E-state index is 0.211. The van der Waals surface area contributed by atoms with Gasteiger partial charge in [0.05, 0.1) is 0 Å². The largest absolute Gasteiger partial charge is 0.457 e. The van der Waals surface area contributed by atoms with Gasteiger partial charge in [-0.15, -0.1) is 0 Å². The highest BCUT2D eigenvalue weighted by atomic mass is 16.5. The lowest BCUT2D eigenvalue weighted by molar-refractivity contribution is -0.140. The van der Waals surface area contributed by atoms with Gasteiger partial charge >= 0.3 is 5.97 Å². The van der Waals surface area contributed by atoms with Crippen molar-refractivity contribution < 1.29 is 9.53 Å². The average Bonchev–Trinajstić information content (AvgIpc) is 3.02. The van der Waals surface area contributed by atoms with Crippen molar-refractivity contribution in [2.24, 2.45) is 0 Å². The van der Waals surface area contributed by atoms with E-state index >= 15 is 0 Å². The molecule has 0 amide bonds. The summed E-state index contributed by atoms with van der Waals surface area (Å²) in [7, 11) is 0. The first-order chi connectivity index (χ1) is 20.0. The van der Waals surface area contributed by atoms with Crippen LogP contribution in [0.4, 0.5) is 17.1 Å². The number of hydrogen-bond donors (Lipinski definition) is 0. The molecule has 0 heterocycles. The number of carbonyl (C=O) groups is 1. The van der Waals surface area contributed by atoms with Gasteiger partial charge in [-0.1, -0.05) is 109 Å². The zero-order valence-corrected chi connectivity index (χ0v) is 23.5. The summed E-state index contributed by atoms with van der Waals surface area (Å²) in [5.74, 6) is -0.382. The van der Waals surface area contributed by atoms with Crippen LogP contribution in [0.5, 0.6) is 0 Å². The third-order valence-corrected chi connectivity index (χ3v) is 6.84. The molecule has 41 heavy (non-hydrogen) atoms. The number of rotatable bonds is 9. The fourth-order valence-electron chi connectivity index (χ4n) is 4.61. The first-order valence-electron chi connectivity index (χ1n) is 13.7. The van der Waals surface area contributed by atoms with Crippen molar-refractivity contribution in [3.8, 4) is 0 Å². The Kier molecular flexibility index (Phi) is 8.56. The highest BCUT2D eigenvalue weighted by Gasteiger charge is 2.13. The molecule has 0 aliphatic rings. The molecule has 0 N–H and O–H groups in total. The third-order valence-electron chi connectivity index (χ3n) is 6.84. The fourth-order valence-corrected chi connectivity index (χ4v) is 4.61. The maximum absolute atomic E-state index is 11.8. The highest BCUT2D eigenvalue weighted by molar-refractivity contribution is 5.91. The second kappa shape index (κ2) is 12.8. The van der Waals surface area contributed by atoms with E-state index in [0.29, 0.717) is 5.57 Å². The second-order valence-electron chi connectivity index (χ2n) is 10.1. The maximum atomic E-state index is 11.8. The molecule has 202 valence electrons. The topological polar surface area (TPSA) is 29.5 Å². The van der Waals surface area contributed by atoms with E-state index in [4.69, 9.17) is 4.74 Å². The quantitative estimate of drug-likeness (QED) is 0.107. The molecule has 3 heteroatoms. The van der Waals surface area contributed by atoms with Crippen LogP contribution in [0.3, 0.4) is 0 Å². The summed E-state index contributed by atoms with van der Waals surface area (Å²) in [5, 5.41) is 0. The molecule has 0 unspecified atom stereocenters. The smallest absolute Gasteiger partial charge is 0.333 e. The van der Waals surface area contributed by atoms with Crippen LogP contribution in [0.2, 0.25) is 0 Å². The Balaban J connectivity index is 1.47. The summed E-state index contributed by atoms with van der Waals surface area (Å²) >= 11 is 0. The second-order valence-corrected chi connectivity index (χ2v) is 10.1. The van der Waals surface area contributed by atoms with Crippen LogP contribution in [0.1, 0.15) is 34.7 Å². The summed E-state index contributed by atoms with van der Waals surface area (Å²) in [4.78, 5) is 14.0. The first-order valence-corrected chi connectivity index (χ1v) is 13.7. The van der Waals surface area contributed by atoms with Crippen LogP contribution in [-0.2, 0) is 16.1 Å². The van der Waals surface area contributed by atoms with Gasteiger partial charge < -0.3 is 9.64 Å². The fraction of sp³-hybridized carbons (Fsp3) is 0.0789. The summed E-state index contributed by atoms with van der Waals surface area (Å²) in [5.41, 5.74) is 10.3. The van der Waals surface area contributed by atoms with Crippen LogP contribution >= 0.6 is 0 Å². The third kappa shape index (κ3) is 6.90. The van der Waals surface area contributed by atoms with Crippen molar-refractivity contribution in [1.29, 1.82) is 0 Å². The van der Waals surface area contributed by atoms with Gasteiger partial charge in [0, 0.05) is 22.6 Å². The van der Waals surface area contributed by atoms with E-state index in [1.54, 1.807) is 6.92 Å². The molecule has 0 aromatic heterocycles. The molecule has 3 nitrogen and oxygen atoms in total. The lowest BCUT2D eigenvalue weighted by Crippen LogP contribution is -2.10. The van der Waals surface area contributed by atoms with E-state index < -0.39 is 0 Å². The Labute approximate surface area is 242 Å². The van der Waals surface area contributed by atoms with Crippen molar-refractivity contribution in [2.75, 3.05) is 4.90 Å². The highest BCUT2D eigenvalue weighted by Crippen LogP contribution is 2.35. The van der Waals surface area contributed by atoms with Gasteiger partial charge in [0.15, 0.2) is 0 Å². The molecule has 0 fully saturated rings. The van der Waals surface area contributed by atoms with Crippen LogP contribution in [0.25, 0.3) is 11.6 Å². The van der Waals surface area contributed by atoms with Gasteiger partial charge in [-0.3, -0.25) is 0 Å². The predicted octanol–water partition coefficient (Wildman–Crippen LogP) is 9.67. The van der Waals surface area contributed by atoms with Gasteiger partial charge in [0.25, 0.3) is 0 Å². The Morgan fingerprint density at radius 2 is 1.15 bits per heavy atom. The SMILES string of the molecule is C=C(C)C(=O)OCc1ccc(N(c2ccc(C)cc2)c2ccc(C=C(c3ccccc3)c3ccccc3)cc2)cc1. The zero-order chi connectivity index (χ0) is 28.6. The van der Waals surface area contributed by atoms with Crippen molar-refractivity contribution in [3.63, 3.8) is 0 Å². The molecule has 5 rings (SSSR count). The molecule has 0 aliphatic carbocycles. The van der Waals surface area contributed by atoms with Crippen molar-refractivity contribution in [1.82, 2.24) is 0 Å². The minimum Gasteiger partial charge on any atom is -0.457 e. The van der Waals surface area contributed by atoms with E-state index in [-0.39, 0.29) is 12.6 Å². The number of carbonyl (C=O) groups excluding carboxylic acids is 1. The van der Waals surface area contributed by atoms with Crippen LogP contribution in [0.15, 0.2) is 146 Å². The molecule has 0 aliphatic heterocycles. The van der Waals surface area contributed by atoms with E-state index in [2.05, 4.69) is 134 Å². The molecule has 0 bridgehead atoms. The summed E-state index contributed by atoms with van der Waals surface area (Å²) in [6, 6.07) is 46.2. The molecular formula is C38H33NO2. The lowest BCUT2D eigenvalue weighted by Gasteiger charge is -2.26. The number of benzene rings is 5. The lowest BCUT2D eigenvalue weighted by atomic mass is 9.95. The Bertz CT molecular complexity index is 1590. The minimum atomic E-state index is -0.382. The number of hydrogen-bond acceptors (Lipinski definition) is 3. The van der Waals surface area contributed by atoms with E-state index in [0.717, 1.165) is 28.2 Å². The maximum Gasteiger partial charge on any atom is 0.333 e. The summed E-state index contributed by atoms with van der Waals surface area (Å²) < 4.78 is 5.32. The number of nitrogens with zero attached hydrogens (tertiary/aromatic N) is 1. The number of aryl methyl sites for hydroxylation is 1. The molecule has 0 saturated heterocycles. The number of anilines is 3. The van der Waals surface area contributed by atoms with Gasteiger partial charge in [0.1, 0.15) is 6.61 Å². The van der Waals surface area contributed by atoms with E-state index in [1.165, 1.54) is 22.3 Å². The molecule has 5 aromatic carbocycles. The van der Waals surface area contributed by atoms with Gasteiger partial charge in [-0.25, -0.2) is 4.79 Å². The van der Waals surface area contributed by atoms with Crippen molar-refractivity contribution >= 4 is 34.7 Å². The van der Waals surface area contributed by atoms with Crippen molar-refractivity contribution in [3.05, 3.63) is 173 Å². The molecule has 0 saturated carbocycles. The van der Waals surface area contributed by atoms with Gasteiger partial charge in [-0.2, -0.15) is 0 Å². The van der Waals surface area contributed by atoms with E-state index in [1.807, 2.05) is 24.3 Å². The van der Waals surface area contributed by atoms with Crippen LogP contribution < -0.4 is 4.90 Å². The van der Waals surface area contributed by atoms with Crippen molar-refractivity contribution in [2.45, 2.75) is 20.5 Å². The van der Waals surface area contributed by atoms with Gasteiger partial charge in [-0.05, 0) is 84.1 Å². The predicted molar refractivity (Wildman–Crippen MR) is 170 cm³/mol. The molecule has 0 atom stereocenters. The standard InChI is InChI=1S/C38H33NO2/c1-28(2)38(40)41-27-31-18-24-36(25-19-31)39(34-20-14-29(3)15-21-34)35-22-16-30(17-23-35)26-37(32-10-6-4-7-11-32)33-12-8-5-9-13-33/h4-26H,1,27H2,2-3H3. The molecule has 0 spiro atoms. The monoisotopic (exact) mass is 535 g/mol. The first kappa shape index (κ1) is 27.4. The Morgan fingerprint density at radius 3 is 1.63 bits per heavy atom. The number of ether oxygens (including phenoxy) is 1. The Hall–Kier alpha value is -5.15. The summed E-state index contributed by atoms with van der Waals surface area (Å²) in [6.07, 6.45) is 2.24. The molecule has 0 radical (unpaired) electrons. The molecular weight excluding hydrogens is 502 g/mol. The zero-order valence-electron chi connectivity index (χ0n) is 23.5. The van der Waals surface area contributed by atoms with Crippen LogP contribution in [0, 0.1) is 6.92 Å². The average molecular weight is 536 g/mol. The van der Waals surface area contributed by atoms with Crippen LogP contribution in [-0.4, -0.2) is 5.97 Å². The van der Waals surface area contributed by atoms with E-state index in [9.17, 15) is 4.79 Å².